The van der Waals surface area contributed by atoms with Gasteiger partial charge in [0.05, 0.1) is 18.3 Å². The molecule has 0 saturated carbocycles. The molecule has 0 spiro atoms. The van der Waals surface area contributed by atoms with Crippen LogP contribution in [0.15, 0.2) is 23.1 Å². The molecule has 3 heteroatoms. The predicted molar refractivity (Wildman–Crippen MR) is 61.2 cm³/mol. The number of fused-ring (bicyclic) bond motifs is 1. The molecule has 1 aromatic rings. The van der Waals surface area contributed by atoms with Gasteiger partial charge in [-0.05, 0) is 24.6 Å². The lowest BCUT2D eigenvalue weighted by Crippen LogP contribution is -2.39. The van der Waals surface area contributed by atoms with Gasteiger partial charge in [-0.25, -0.2) is 0 Å². The summed E-state index contributed by atoms with van der Waals surface area (Å²) in [4.78, 5) is 3.50. The van der Waals surface area contributed by atoms with Crippen LogP contribution in [0.4, 0.5) is 5.69 Å². The minimum Gasteiger partial charge on any atom is -0.394 e. The molecule has 1 heterocycles. The molecule has 0 bridgehead atoms. The molecule has 1 aromatic carbocycles. The number of hydrogen-bond acceptors (Lipinski definition) is 3. The Bertz CT molecular complexity index is 340. The highest BCUT2D eigenvalue weighted by Gasteiger charge is 2.22. The zero-order valence-electron chi connectivity index (χ0n) is 8.53. The fraction of sp³-hybridized carbons (Fsp3) is 0.455. The van der Waals surface area contributed by atoms with Crippen LogP contribution in [0.1, 0.15) is 5.56 Å². The minimum atomic E-state index is 0.233. The first-order valence-electron chi connectivity index (χ1n) is 4.79. The van der Waals surface area contributed by atoms with E-state index in [2.05, 4.69) is 37.1 Å². The van der Waals surface area contributed by atoms with Crippen LogP contribution >= 0.6 is 11.8 Å². The van der Waals surface area contributed by atoms with Gasteiger partial charge in [-0.15, -0.1) is 11.8 Å². The molecule has 1 unspecified atom stereocenters. The lowest BCUT2D eigenvalue weighted by atomic mass is 10.2. The summed E-state index contributed by atoms with van der Waals surface area (Å²) in [6.45, 7) is 2.34. The summed E-state index contributed by atoms with van der Waals surface area (Å²) < 4.78 is 0. The standard InChI is InChI=1S/C11H15NOS/c1-8-3-4-10-11(5-8)14-7-9(6-13)12(10)2/h3-5,9,13H,6-7H2,1-2H3. The molecule has 1 N–H and O–H groups in total. The summed E-state index contributed by atoms with van der Waals surface area (Å²) in [5.74, 6) is 0.976. The first-order chi connectivity index (χ1) is 6.72. The summed E-state index contributed by atoms with van der Waals surface area (Å²) in [7, 11) is 2.05. The van der Waals surface area contributed by atoms with Crippen molar-refractivity contribution in [1.29, 1.82) is 0 Å². The maximum absolute atomic E-state index is 9.19. The molecule has 1 atom stereocenters. The molecule has 0 aliphatic carbocycles. The van der Waals surface area contributed by atoms with E-state index in [4.69, 9.17) is 0 Å². The summed E-state index contributed by atoms with van der Waals surface area (Å²) in [5.41, 5.74) is 2.54. The second-order valence-corrected chi connectivity index (χ2v) is 4.79. The Morgan fingerprint density at radius 1 is 1.57 bits per heavy atom. The third-order valence-electron chi connectivity index (χ3n) is 2.68. The first kappa shape index (κ1) is 9.87. The van der Waals surface area contributed by atoms with Crippen LogP contribution in [0, 0.1) is 6.92 Å². The molecule has 0 radical (unpaired) electrons. The zero-order valence-corrected chi connectivity index (χ0v) is 9.34. The van der Waals surface area contributed by atoms with E-state index in [9.17, 15) is 5.11 Å². The van der Waals surface area contributed by atoms with E-state index in [0.717, 1.165) is 5.75 Å². The smallest absolute Gasteiger partial charge is 0.0643 e. The number of aliphatic hydroxyl groups excluding tert-OH is 1. The Labute approximate surface area is 88.9 Å². The van der Waals surface area contributed by atoms with Crippen molar-refractivity contribution in [2.75, 3.05) is 24.3 Å². The third kappa shape index (κ3) is 1.62. The van der Waals surface area contributed by atoms with Crippen molar-refractivity contribution in [3.63, 3.8) is 0 Å². The van der Waals surface area contributed by atoms with Crippen molar-refractivity contribution >= 4 is 17.4 Å². The zero-order chi connectivity index (χ0) is 10.1. The van der Waals surface area contributed by atoms with Crippen molar-refractivity contribution in [2.24, 2.45) is 0 Å². The largest absolute Gasteiger partial charge is 0.394 e. The fourth-order valence-corrected chi connectivity index (χ4v) is 3.03. The number of nitrogens with zero attached hydrogens (tertiary/aromatic N) is 1. The molecule has 1 aliphatic heterocycles. The van der Waals surface area contributed by atoms with Gasteiger partial charge in [0.1, 0.15) is 0 Å². The third-order valence-corrected chi connectivity index (χ3v) is 3.87. The second-order valence-electron chi connectivity index (χ2n) is 3.73. The average Bonchev–Trinajstić information content (AvgIpc) is 2.18. The highest BCUT2D eigenvalue weighted by molar-refractivity contribution is 7.99. The van der Waals surface area contributed by atoms with Crippen LogP contribution < -0.4 is 4.90 Å². The lowest BCUT2D eigenvalue weighted by Gasteiger charge is -2.34. The maximum Gasteiger partial charge on any atom is 0.0643 e. The molecule has 0 fully saturated rings. The number of aliphatic hydroxyl groups is 1. The Morgan fingerprint density at radius 3 is 3.07 bits per heavy atom. The maximum atomic E-state index is 9.19. The Hall–Kier alpha value is -0.670. The number of hydrogen-bond donors (Lipinski definition) is 1. The van der Waals surface area contributed by atoms with Gasteiger partial charge >= 0.3 is 0 Å². The summed E-state index contributed by atoms with van der Waals surface area (Å²) in [6, 6.07) is 6.73. The Morgan fingerprint density at radius 2 is 2.36 bits per heavy atom. The molecular weight excluding hydrogens is 194 g/mol. The SMILES string of the molecule is Cc1ccc2c(c1)SCC(CO)N2C. The van der Waals surface area contributed by atoms with E-state index in [0.29, 0.717) is 0 Å². The monoisotopic (exact) mass is 209 g/mol. The molecular formula is C11H15NOS. The van der Waals surface area contributed by atoms with Gasteiger partial charge in [0.25, 0.3) is 0 Å². The number of likely N-dealkylation sites (N-methyl/N-ethyl adjacent to an activating group) is 1. The lowest BCUT2D eigenvalue weighted by molar-refractivity contribution is 0.271. The van der Waals surface area contributed by atoms with Crippen molar-refractivity contribution in [2.45, 2.75) is 17.9 Å². The number of benzene rings is 1. The predicted octanol–water partition coefficient (Wildman–Crippen LogP) is 1.90. The molecule has 2 rings (SSSR count). The Balaban J connectivity index is 2.36. The summed E-state index contributed by atoms with van der Waals surface area (Å²) in [6.07, 6.45) is 0. The van der Waals surface area contributed by atoms with Crippen LogP contribution in [-0.2, 0) is 0 Å². The van der Waals surface area contributed by atoms with E-state index in [1.54, 1.807) is 0 Å². The molecule has 0 aromatic heterocycles. The van der Waals surface area contributed by atoms with Crippen molar-refractivity contribution in [3.8, 4) is 0 Å². The highest BCUT2D eigenvalue weighted by Crippen LogP contribution is 2.36. The van der Waals surface area contributed by atoms with Crippen molar-refractivity contribution in [1.82, 2.24) is 0 Å². The molecule has 0 saturated heterocycles. The van der Waals surface area contributed by atoms with E-state index in [-0.39, 0.29) is 12.6 Å². The number of rotatable bonds is 1. The van der Waals surface area contributed by atoms with Crippen molar-refractivity contribution in [3.05, 3.63) is 23.8 Å². The molecule has 1 aliphatic rings. The van der Waals surface area contributed by atoms with Gasteiger partial charge < -0.3 is 10.0 Å². The Kier molecular flexibility index (Phi) is 2.70. The van der Waals surface area contributed by atoms with Crippen LogP contribution in [0.3, 0.4) is 0 Å². The molecule has 76 valence electrons. The number of aryl methyl sites for hydroxylation is 1. The quantitative estimate of drug-likeness (QED) is 0.764. The number of thioether (sulfide) groups is 1. The van der Waals surface area contributed by atoms with Gasteiger partial charge in [-0.1, -0.05) is 6.07 Å². The van der Waals surface area contributed by atoms with Crippen LogP contribution in [-0.4, -0.2) is 30.6 Å². The normalized spacial score (nSPS) is 20.8. The van der Waals surface area contributed by atoms with Gasteiger partial charge in [-0.2, -0.15) is 0 Å². The van der Waals surface area contributed by atoms with Crippen LogP contribution in [0.5, 0.6) is 0 Å². The fourth-order valence-electron chi connectivity index (χ4n) is 1.70. The molecule has 0 amide bonds. The van der Waals surface area contributed by atoms with E-state index >= 15 is 0 Å². The first-order valence-corrected chi connectivity index (χ1v) is 5.78. The van der Waals surface area contributed by atoms with Crippen LogP contribution in [0.2, 0.25) is 0 Å². The van der Waals surface area contributed by atoms with E-state index in [1.807, 2.05) is 11.8 Å². The second kappa shape index (κ2) is 3.83. The average molecular weight is 209 g/mol. The number of anilines is 1. The highest BCUT2D eigenvalue weighted by atomic mass is 32.2. The van der Waals surface area contributed by atoms with E-state index < -0.39 is 0 Å². The van der Waals surface area contributed by atoms with Gasteiger partial charge in [0.2, 0.25) is 0 Å². The van der Waals surface area contributed by atoms with Gasteiger partial charge in [-0.3, -0.25) is 0 Å². The molecule has 14 heavy (non-hydrogen) atoms. The van der Waals surface area contributed by atoms with Gasteiger partial charge in [0, 0.05) is 17.7 Å². The topological polar surface area (TPSA) is 23.5 Å². The van der Waals surface area contributed by atoms with Crippen LogP contribution in [0.25, 0.3) is 0 Å². The minimum absolute atomic E-state index is 0.233. The summed E-state index contributed by atoms with van der Waals surface area (Å²) in [5, 5.41) is 9.19. The van der Waals surface area contributed by atoms with Crippen molar-refractivity contribution < 1.29 is 5.11 Å². The van der Waals surface area contributed by atoms with E-state index in [1.165, 1.54) is 16.1 Å². The summed E-state index contributed by atoms with van der Waals surface area (Å²) >= 11 is 1.84. The molecule has 2 nitrogen and oxygen atoms in total. The van der Waals surface area contributed by atoms with Gasteiger partial charge in [0.15, 0.2) is 0 Å².